The normalized spacial score (nSPS) is 12.0. The molecule has 1 unspecified atom stereocenters. The fraction of sp³-hybridized carbons (Fsp3) is 0.400. The van der Waals surface area contributed by atoms with Crippen molar-refractivity contribution in [2.24, 2.45) is 0 Å². The van der Waals surface area contributed by atoms with Crippen molar-refractivity contribution < 1.29 is 4.79 Å². The molecule has 0 aliphatic heterocycles. The van der Waals surface area contributed by atoms with Gasteiger partial charge in [-0.15, -0.1) is 10.2 Å². The molecule has 1 N–H and O–H groups in total. The number of hydrogen-bond acceptors (Lipinski definition) is 7. The van der Waals surface area contributed by atoms with Gasteiger partial charge in [0.25, 0.3) is 0 Å². The first-order valence-electron chi connectivity index (χ1n) is 7.09. The van der Waals surface area contributed by atoms with Gasteiger partial charge in [0.15, 0.2) is 0 Å². The van der Waals surface area contributed by atoms with Crippen LogP contribution in [-0.4, -0.2) is 26.3 Å². The Morgan fingerprint density at radius 3 is 2.65 bits per heavy atom. The quantitative estimate of drug-likeness (QED) is 0.834. The van der Waals surface area contributed by atoms with Crippen LogP contribution in [0.25, 0.3) is 0 Å². The second-order valence-electron chi connectivity index (χ2n) is 5.23. The lowest BCUT2D eigenvalue weighted by Crippen LogP contribution is -2.22. The molecule has 0 spiro atoms. The van der Waals surface area contributed by atoms with Crippen molar-refractivity contribution in [3.8, 4) is 6.07 Å². The predicted octanol–water partition coefficient (Wildman–Crippen LogP) is 3.36. The van der Waals surface area contributed by atoms with Crippen LogP contribution in [-0.2, 0) is 4.79 Å². The number of nitrogens with zero attached hydrogens (tertiary/aromatic N) is 4. The molecule has 0 saturated heterocycles. The molecule has 0 aliphatic carbocycles. The maximum Gasteiger partial charge on any atom is 0.239 e. The SMILES string of the molecule is Cc1nnc(NC(=O)C(C)Sc2nc(C(C)C)ccc2C#N)s1. The van der Waals surface area contributed by atoms with Crippen molar-refractivity contribution in [1.82, 2.24) is 15.2 Å². The highest BCUT2D eigenvalue weighted by Crippen LogP contribution is 2.27. The smallest absolute Gasteiger partial charge is 0.239 e. The van der Waals surface area contributed by atoms with Gasteiger partial charge in [-0.05, 0) is 31.9 Å². The van der Waals surface area contributed by atoms with Crippen LogP contribution in [0.2, 0.25) is 0 Å². The van der Waals surface area contributed by atoms with Crippen LogP contribution >= 0.6 is 23.1 Å². The number of aromatic nitrogens is 3. The summed E-state index contributed by atoms with van der Waals surface area (Å²) in [5.74, 6) is 0.0717. The Morgan fingerprint density at radius 2 is 2.09 bits per heavy atom. The topological polar surface area (TPSA) is 91.6 Å². The van der Waals surface area contributed by atoms with E-state index in [4.69, 9.17) is 0 Å². The van der Waals surface area contributed by atoms with Crippen molar-refractivity contribution in [3.05, 3.63) is 28.4 Å². The van der Waals surface area contributed by atoms with Crippen LogP contribution in [0.1, 0.15) is 43.0 Å². The van der Waals surface area contributed by atoms with Gasteiger partial charge in [-0.2, -0.15) is 5.26 Å². The second-order valence-corrected chi connectivity index (χ2v) is 7.74. The lowest BCUT2D eigenvalue weighted by Gasteiger charge is -2.12. The van der Waals surface area contributed by atoms with E-state index < -0.39 is 5.25 Å². The summed E-state index contributed by atoms with van der Waals surface area (Å²) in [6.45, 7) is 7.68. The summed E-state index contributed by atoms with van der Waals surface area (Å²) >= 11 is 2.59. The molecule has 0 fully saturated rings. The molecule has 0 aromatic carbocycles. The van der Waals surface area contributed by atoms with Gasteiger partial charge in [0, 0.05) is 5.69 Å². The van der Waals surface area contributed by atoms with E-state index in [0.29, 0.717) is 15.7 Å². The number of rotatable bonds is 5. The average molecular weight is 347 g/mol. The first-order valence-corrected chi connectivity index (χ1v) is 8.79. The molecular weight excluding hydrogens is 330 g/mol. The number of nitrogens with one attached hydrogen (secondary N) is 1. The molecule has 23 heavy (non-hydrogen) atoms. The fourth-order valence-corrected chi connectivity index (χ4v) is 3.22. The van der Waals surface area contributed by atoms with Gasteiger partial charge in [-0.25, -0.2) is 4.98 Å². The lowest BCUT2D eigenvalue weighted by molar-refractivity contribution is -0.115. The fourth-order valence-electron chi connectivity index (χ4n) is 1.73. The van der Waals surface area contributed by atoms with E-state index in [-0.39, 0.29) is 11.8 Å². The number of aryl methyl sites for hydroxylation is 1. The Labute approximate surface area is 143 Å². The van der Waals surface area contributed by atoms with Gasteiger partial charge in [-0.3, -0.25) is 10.1 Å². The zero-order valence-corrected chi connectivity index (χ0v) is 15.0. The molecule has 0 aliphatic rings. The molecule has 2 rings (SSSR count). The molecule has 2 aromatic heterocycles. The number of amides is 1. The van der Waals surface area contributed by atoms with Gasteiger partial charge >= 0.3 is 0 Å². The molecule has 0 saturated carbocycles. The standard InChI is InChI=1S/C15H17N5OS2/c1-8(2)12-6-5-11(7-16)14(17-12)22-9(3)13(21)18-15-20-19-10(4)23-15/h5-6,8-9H,1-4H3,(H,18,20,21). The van der Waals surface area contributed by atoms with E-state index >= 15 is 0 Å². The van der Waals surface area contributed by atoms with Gasteiger partial charge < -0.3 is 0 Å². The first kappa shape index (κ1) is 17.4. The molecule has 6 nitrogen and oxygen atoms in total. The van der Waals surface area contributed by atoms with Gasteiger partial charge in [0.1, 0.15) is 16.1 Å². The number of thioether (sulfide) groups is 1. The third kappa shape index (κ3) is 4.50. The van der Waals surface area contributed by atoms with Gasteiger partial charge in [0.2, 0.25) is 11.0 Å². The highest BCUT2D eigenvalue weighted by atomic mass is 32.2. The molecule has 2 heterocycles. The first-order chi connectivity index (χ1) is 10.9. The van der Waals surface area contributed by atoms with Crippen molar-refractivity contribution in [3.63, 3.8) is 0 Å². The van der Waals surface area contributed by atoms with Crippen molar-refractivity contribution >= 4 is 34.1 Å². The Hall–Kier alpha value is -1.98. The maximum absolute atomic E-state index is 12.2. The third-order valence-corrected chi connectivity index (χ3v) is 4.86. The van der Waals surface area contributed by atoms with Crippen LogP contribution in [0.15, 0.2) is 17.2 Å². The zero-order chi connectivity index (χ0) is 17.0. The average Bonchev–Trinajstić information content (AvgIpc) is 2.92. The highest BCUT2D eigenvalue weighted by molar-refractivity contribution is 8.00. The van der Waals surface area contributed by atoms with Crippen molar-refractivity contribution in [2.75, 3.05) is 5.32 Å². The summed E-state index contributed by atoms with van der Waals surface area (Å²) in [7, 11) is 0. The third-order valence-electron chi connectivity index (χ3n) is 3.01. The molecule has 0 radical (unpaired) electrons. The second kappa shape index (κ2) is 7.53. The summed E-state index contributed by atoms with van der Waals surface area (Å²) in [5, 5.41) is 21.1. The molecule has 1 atom stereocenters. The molecule has 2 aromatic rings. The number of anilines is 1. The Morgan fingerprint density at radius 1 is 1.35 bits per heavy atom. The minimum atomic E-state index is -0.402. The van der Waals surface area contributed by atoms with Crippen LogP contribution < -0.4 is 5.32 Å². The van der Waals surface area contributed by atoms with E-state index in [1.165, 1.54) is 23.1 Å². The Bertz CT molecular complexity index is 751. The number of carbonyl (C=O) groups excluding carboxylic acids is 1. The van der Waals surface area contributed by atoms with E-state index in [9.17, 15) is 10.1 Å². The van der Waals surface area contributed by atoms with Crippen LogP contribution in [0.3, 0.4) is 0 Å². The van der Waals surface area contributed by atoms with Crippen LogP contribution in [0, 0.1) is 18.3 Å². The highest BCUT2D eigenvalue weighted by Gasteiger charge is 2.19. The van der Waals surface area contributed by atoms with E-state index in [1.807, 2.05) is 26.8 Å². The predicted molar refractivity (Wildman–Crippen MR) is 91.6 cm³/mol. The van der Waals surface area contributed by atoms with Gasteiger partial charge in [0.05, 0.1) is 10.8 Å². The van der Waals surface area contributed by atoms with Crippen molar-refractivity contribution in [1.29, 1.82) is 5.26 Å². The molecule has 8 heteroatoms. The number of hydrogen-bond donors (Lipinski definition) is 1. The van der Waals surface area contributed by atoms with Crippen LogP contribution in [0.5, 0.6) is 0 Å². The van der Waals surface area contributed by atoms with E-state index in [2.05, 4.69) is 26.6 Å². The van der Waals surface area contributed by atoms with E-state index in [0.717, 1.165) is 10.7 Å². The minimum Gasteiger partial charge on any atom is -0.300 e. The number of nitriles is 1. The molecule has 1 amide bonds. The number of pyridine rings is 1. The maximum atomic E-state index is 12.2. The molecule has 120 valence electrons. The van der Waals surface area contributed by atoms with Crippen LogP contribution in [0.4, 0.5) is 5.13 Å². The summed E-state index contributed by atoms with van der Waals surface area (Å²) in [4.78, 5) is 16.8. The lowest BCUT2D eigenvalue weighted by atomic mass is 10.1. The zero-order valence-electron chi connectivity index (χ0n) is 13.3. The largest absolute Gasteiger partial charge is 0.300 e. The Balaban J connectivity index is 2.12. The van der Waals surface area contributed by atoms with Crippen molar-refractivity contribution in [2.45, 2.75) is 43.9 Å². The molecule has 0 bridgehead atoms. The summed E-state index contributed by atoms with van der Waals surface area (Å²) < 4.78 is 0. The summed E-state index contributed by atoms with van der Waals surface area (Å²) in [6.07, 6.45) is 0. The summed E-state index contributed by atoms with van der Waals surface area (Å²) in [6, 6.07) is 5.73. The van der Waals surface area contributed by atoms with E-state index in [1.54, 1.807) is 13.0 Å². The molecular formula is C15H17N5OS2. The Kier molecular flexibility index (Phi) is 5.69. The van der Waals surface area contributed by atoms with Gasteiger partial charge in [-0.1, -0.05) is 36.9 Å². The number of carbonyl (C=O) groups is 1. The summed E-state index contributed by atoms with van der Waals surface area (Å²) in [5.41, 5.74) is 1.38. The minimum absolute atomic E-state index is 0.188. The monoisotopic (exact) mass is 347 g/mol.